The third kappa shape index (κ3) is 4.12. The molecule has 1 aliphatic carbocycles. The van der Waals surface area contributed by atoms with Gasteiger partial charge in [0.25, 0.3) is 0 Å². The third-order valence-corrected chi connectivity index (χ3v) is 3.70. The van der Waals surface area contributed by atoms with Gasteiger partial charge in [0.2, 0.25) is 0 Å². The Kier molecular flexibility index (Phi) is 6.26. The molecule has 1 fully saturated rings. The van der Waals surface area contributed by atoms with Gasteiger partial charge in [-0.2, -0.15) is 0 Å². The van der Waals surface area contributed by atoms with Gasteiger partial charge in [-0.1, -0.05) is 26.7 Å². The average molecular weight is 213 g/mol. The van der Waals surface area contributed by atoms with Crippen molar-refractivity contribution in [2.24, 2.45) is 11.8 Å². The van der Waals surface area contributed by atoms with Crippen molar-refractivity contribution in [1.82, 2.24) is 5.32 Å². The summed E-state index contributed by atoms with van der Waals surface area (Å²) in [7, 11) is 0. The lowest BCUT2D eigenvalue weighted by Crippen LogP contribution is -2.39. The smallest absolute Gasteiger partial charge is 0.0622 e. The standard InChI is InChI=1S/C13H27NO/c1-4-11-7-8-12(9-11)13(14-5-2)10-15-6-3/h11-14H,4-10H2,1-3H3. The Hall–Kier alpha value is -0.0800. The lowest BCUT2D eigenvalue weighted by atomic mass is 9.96. The molecule has 1 rings (SSSR count). The van der Waals surface area contributed by atoms with Gasteiger partial charge in [-0.05, 0) is 38.1 Å². The quantitative estimate of drug-likeness (QED) is 0.702. The first kappa shape index (κ1) is 13.0. The molecule has 0 aromatic rings. The van der Waals surface area contributed by atoms with Crippen LogP contribution in [0.15, 0.2) is 0 Å². The molecular formula is C13H27NO. The fraction of sp³-hybridized carbons (Fsp3) is 1.00. The number of ether oxygens (including phenoxy) is 1. The van der Waals surface area contributed by atoms with Gasteiger partial charge in [0.05, 0.1) is 6.61 Å². The van der Waals surface area contributed by atoms with Gasteiger partial charge in [-0.25, -0.2) is 0 Å². The second-order valence-corrected chi connectivity index (χ2v) is 4.67. The zero-order chi connectivity index (χ0) is 11.1. The largest absolute Gasteiger partial charge is 0.380 e. The molecule has 3 unspecified atom stereocenters. The van der Waals surface area contributed by atoms with Crippen LogP contribution in [0.5, 0.6) is 0 Å². The average Bonchev–Trinajstić information content (AvgIpc) is 2.72. The van der Waals surface area contributed by atoms with Crippen molar-refractivity contribution in [1.29, 1.82) is 0 Å². The predicted molar refractivity (Wildman–Crippen MR) is 65.1 cm³/mol. The summed E-state index contributed by atoms with van der Waals surface area (Å²) in [6.07, 6.45) is 5.57. The Balaban J connectivity index is 2.34. The van der Waals surface area contributed by atoms with Gasteiger partial charge in [-0.3, -0.25) is 0 Å². The van der Waals surface area contributed by atoms with E-state index in [0.29, 0.717) is 6.04 Å². The van der Waals surface area contributed by atoms with Gasteiger partial charge >= 0.3 is 0 Å². The van der Waals surface area contributed by atoms with Crippen LogP contribution in [0.3, 0.4) is 0 Å². The number of nitrogens with one attached hydrogen (secondary N) is 1. The van der Waals surface area contributed by atoms with Gasteiger partial charge in [0, 0.05) is 12.6 Å². The van der Waals surface area contributed by atoms with Crippen molar-refractivity contribution >= 4 is 0 Å². The fourth-order valence-electron chi connectivity index (χ4n) is 2.72. The Morgan fingerprint density at radius 2 is 2.07 bits per heavy atom. The molecule has 0 aliphatic heterocycles. The second kappa shape index (κ2) is 7.24. The van der Waals surface area contributed by atoms with Crippen molar-refractivity contribution in [3.8, 4) is 0 Å². The zero-order valence-electron chi connectivity index (χ0n) is 10.6. The van der Waals surface area contributed by atoms with Crippen LogP contribution in [0.25, 0.3) is 0 Å². The minimum Gasteiger partial charge on any atom is -0.380 e. The molecule has 0 amide bonds. The molecule has 0 radical (unpaired) electrons. The van der Waals surface area contributed by atoms with Gasteiger partial charge in [0.1, 0.15) is 0 Å². The summed E-state index contributed by atoms with van der Waals surface area (Å²) in [5.74, 6) is 1.82. The minimum atomic E-state index is 0.589. The van der Waals surface area contributed by atoms with Crippen molar-refractivity contribution in [2.75, 3.05) is 19.8 Å². The highest BCUT2D eigenvalue weighted by atomic mass is 16.5. The van der Waals surface area contributed by atoms with E-state index in [-0.39, 0.29) is 0 Å². The van der Waals surface area contributed by atoms with E-state index < -0.39 is 0 Å². The molecule has 0 bridgehead atoms. The van der Waals surface area contributed by atoms with Crippen LogP contribution in [-0.2, 0) is 4.74 Å². The van der Waals surface area contributed by atoms with E-state index in [9.17, 15) is 0 Å². The third-order valence-electron chi connectivity index (χ3n) is 3.70. The van der Waals surface area contributed by atoms with Crippen LogP contribution in [0.4, 0.5) is 0 Å². The van der Waals surface area contributed by atoms with Crippen molar-refractivity contribution in [3.05, 3.63) is 0 Å². The van der Waals surface area contributed by atoms with E-state index in [1.54, 1.807) is 0 Å². The maximum Gasteiger partial charge on any atom is 0.0622 e. The lowest BCUT2D eigenvalue weighted by Gasteiger charge is -2.24. The first-order valence-electron chi connectivity index (χ1n) is 6.62. The van der Waals surface area contributed by atoms with E-state index in [1.807, 2.05) is 0 Å². The minimum absolute atomic E-state index is 0.589. The van der Waals surface area contributed by atoms with E-state index in [0.717, 1.165) is 31.6 Å². The summed E-state index contributed by atoms with van der Waals surface area (Å²) in [5, 5.41) is 3.58. The predicted octanol–water partition coefficient (Wildman–Crippen LogP) is 2.83. The highest BCUT2D eigenvalue weighted by Crippen LogP contribution is 2.34. The fourth-order valence-corrected chi connectivity index (χ4v) is 2.72. The summed E-state index contributed by atoms with van der Waals surface area (Å²) in [5.41, 5.74) is 0. The van der Waals surface area contributed by atoms with Crippen molar-refractivity contribution in [2.45, 2.75) is 52.5 Å². The van der Waals surface area contributed by atoms with Crippen molar-refractivity contribution < 1.29 is 4.74 Å². The zero-order valence-corrected chi connectivity index (χ0v) is 10.6. The van der Waals surface area contributed by atoms with Crippen LogP contribution in [-0.4, -0.2) is 25.8 Å². The normalized spacial score (nSPS) is 28.2. The highest BCUT2D eigenvalue weighted by Gasteiger charge is 2.29. The monoisotopic (exact) mass is 213 g/mol. The molecule has 90 valence electrons. The lowest BCUT2D eigenvalue weighted by molar-refractivity contribution is 0.103. The van der Waals surface area contributed by atoms with Gasteiger partial charge in [0.15, 0.2) is 0 Å². The van der Waals surface area contributed by atoms with E-state index in [1.165, 1.54) is 25.7 Å². The van der Waals surface area contributed by atoms with Crippen molar-refractivity contribution in [3.63, 3.8) is 0 Å². The molecule has 15 heavy (non-hydrogen) atoms. The molecule has 3 atom stereocenters. The molecule has 0 spiro atoms. The summed E-state index contributed by atoms with van der Waals surface area (Å²) >= 11 is 0. The van der Waals surface area contributed by atoms with Crippen LogP contribution in [0.1, 0.15) is 46.5 Å². The molecule has 0 saturated heterocycles. The SMILES string of the molecule is CCNC(COCC)C1CCC(CC)C1. The highest BCUT2D eigenvalue weighted by molar-refractivity contribution is 4.84. The maximum atomic E-state index is 5.57. The van der Waals surface area contributed by atoms with Gasteiger partial charge in [-0.15, -0.1) is 0 Å². The molecule has 0 aromatic carbocycles. The van der Waals surface area contributed by atoms with Crippen LogP contribution >= 0.6 is 0 Å². The van der Waals surface area contributed by atoms with Crippen LogP contribution in [0, 0.1) is 11.8 Å². The summed E-state index contributed by atoms with van der Waals surface area (Å²) in [4.78, 5) is 0. The first-order chi connectivity index (χ1) is 7.31. The Labute approximate surface area is 94.8 Å². The molecule has 0 aromatic heterocycles. The summed E-state index contributed by atoms with van der Waals surface area (Å²) in [6.45, 7) is 9.37. The molecule has 0 heterocycles. The second-order valence-electron chi connectivity index (χ2n) is 4.67. The van der Waals surface area contributed by atoms with Crippen LogP contribution < -0.4 is 5.32 Å². The van der Waals surface area contributed by atoms with E-state index in [2.05, 4.69) is 26.1 Å². The Morgan fingerprint density at radius 1 is 1.27 bits per heavy atom. The molecule has 2 nitrogen and oxygen atoms in total. The Bertz CT molecular complexity index is 161. The molecule has 1 N–H and O–H groups in total. The Morgan fingerprint density at radius 3 is 2.60 bits per heavy atom. The topological polar surface area (TPSA) is 21.3 Å². The summed E-state index contributed by atoms with van der Waals surface area (Å²) in [6, 6.07) is 0.589. The van der Waals surface area contributed by atoms with E-state index in [4.69, 9.17) is 4.74 Å². The van der Waals surface area contributed by atoms with Crippen LogP contribution in [0.2, 0.25) is 0 Å². The van der Waals surface area contributed by atoms with E-state index >= 15 is 0 Å². The maximum absolute atomic E-state index is 5.57. The van der Waals surface area contributed by atoms with Gasteiger partial charge < -0.3 is 10.1 Å². The molecule has 1 aliphatic rings. The number of likely N-dealkylation sites (N-methyl/N-ethyl adjacent to an activating group) is 1. The number of hydrogen-bond acceptors (Lipinski definition) is 2. The molecular weight excluding hydrogens is 186 g/mol. The molecule has 2 heteroatoms. The summed E-state index contributed by atoms with van der Waals surface area (Å²) < 4.78 is 5.57. The first-order valence-corrected chi connectivity index (χ1v) is 6.62. The number of hydrogen-bond donors (Lipinski definition) is 1. The molecule has 1 saturated carbocycles. The number of rotatable bonds is 7.